The number of nitrogens with zero attached hydrogens (tertiary/aromatic N) is 3. The quantitative estimate of drug-likeness (QED) is 0.754. The Morgan fingerprint density at radius 1 is 1.28 bits per heavy atom. The topological polar surface area (TPSA) is 82.0 Å². The SMILES string of the molecule is CCn1nc(C)c2nc(Cc3ccc(OC)c(OC)c3Cl)[nH]c(=O)c21. The smallest absolute Gasteiger partial charge is 0.277 e. The van der Waals surface area contributed by atoms with Crippen LogP contribution >= 0.6 is 11.6 Å². The highest BCUT2D eigenvalue weighted by Crippen LogP contribution is 2.37. The van der Waals surface area contributed by atoms with Gasteiger partial charge < -0.3 is 14.5 Å². The summed E-state index contributed by atoms with van der Waals surface area (Å²) in [6, 6.07) is 3.60. The number of fused-ring (bicyclic) bond motifs is 1. The largest absolute Gasteiger partial charge is 0.493 e. The first-order valence-corrected chi connectivity index (χ1v) is 8.23. The molecule has 2 aromatic heterocycles. The van der Waals surface area contributed by atoms with Crippen LogP contribution in [0.2, 0.25) is 5.02 Å². The molecule has 0 amide bonds. The summed E-state index contributed by atoms with van der Waals surface area (Å²) in [6.45, 7) is 4.38. The number of aromatic nitrogens is 4. The van der Waals surface area contributed by atoms with Crippen LogP contribution in [-0.2, 0) is 13.0 Å². The lowest BCUT2D eigenvalue weighted by molar-refractivity contribution is 0.355. The van der Waals surface area contributed by atoms with E-state index in [2.05, 4.69) is 15.1 Å². The third-order valence-corrected chi connectivity index (χ3v) is 4.45. The number of benzene rings is 1. The van der Waals surface area contributed by atoms with Crippen molar-refractivity contribution >= 4 is 22.6 Å². The number of hydrogen-bond acceptors (Lipinski definition) is 5. The fourth-order valence-corrected chi connectivity index (χ4v) is 3.14. The van der Waals surface area contributed by atoms with Gasteiger partial charge in [-0.15, -0.1) is 0 Å². The number of aryl methyl sites for hydroxylation is 2. The molecule has 3 rings (SSSR count). The number of methoxy groups -OCH3 is 2. The molecule has 0 unspecified atom stereocenters. The van der Waals surface area contributed by atoms with Crippen molar-refractivity contribution in [1.82, 2.24) is 19.7 Å². The molecule has 132 valence electrons. The van der Waals surface area contributed by atoms with Crippen molar-refractivity contribution in [3.63, 3.8) is 0 Å². The van der Waals surface area contributed by atoms with Gasteiger partial charge in [0.1, 0.15) is 11.3 Å². The number of H-pyrrole nitrogens is 1. The number of ether oxygens (including phenoxy) is 2. The lowest BCUT2D eigenvalue weighted by Gasteiger charge is -2.12. The van der Waals surface area contributed by atoms with E-state index in [1.54, 1.807) is 17.9 Å². The molecule has 1 N–H and O–H groups in total. The molecule has 0 aliphatic carbocycles. The van der Waals surface area contributed by atoms with E-state index < -0.39 is 0 Å². The number of rotatable bonds is 5. The van der Waals surface area contributed by atoms with Crippen LogP contribution in [0.25, 0.3) is 11.0 Å². The van der Waals surface area contributed by atoms with E-state index in [1.807, 2.05) is 19.9 Å². The van der Waals surface area contributed by atoms with Gasteiger partial charge in [-0.2, -0.15) is 5.10 Å². The highest BCUT2D eigenvalue weighted by Gasteiger charge is 2.17. The molecule has 8 heteroatoms. The normalized spacial score (nSPS) is 11.1. The number of halogens is 1. The molecule has 0 radical (unpaired) electrons. The van der Waals surface area contributed by atoms with Gasteiger partial charge >= 0.3 is 0 Å². The molecule has 0 aliphatic heterocycles. The van der Waals surface area contributed by atoms with Crippen molar-refractivity contribution < 1.29 is 9.47 Å². The van der Waals surface area contributed by atoms with E-state index in [1.165, 1.54) is 7.11 Å². The van der Waals surface area contributed by atoms with Crippen LogP contribution in [0.15, 0.2) is 16.9 Å². The average molecular weight is 363 g/mol. The molecule has 3 aromatic rings. The Balaban J connectivity index is 2.07. The van der Waals surface area contributed by atoms with Crippen molar-refractivity contribution in [1.29, 1.82) is 0 Å². The zero-order valence-electron chi connectivity index (χ0n) is 14.5. The molecule has 25 heavy (non-hydrogen) atoms. The minimum absolute atomic E-state index is 0.209. The van der Waals surface area contributed by atoms with Gasteiger partial charge in [0, 0.05) is 13.0 Å². The Morgan fingerprint density at radius 3 is 2.68 bits per heavy atom. The fourth-order valence-electron chi connectivity index (χ4n) is 2.84. The second-order valence-corrected chi connectivity index (χ2v) is 5.94. The monoisotopic (exact) mass is 362 g/mol. The summed E-state index contributed by atoms with van der Waals surface area (Å²) in [4.78, 5) is 19.8. The zero-order valence-corrected chi connectivity index (χ0v) is 15.3. The Labute approximate surface area is 149 Å². The third-order valence-electron chi connectivity index (χ3n) is 4.04. The molecule has 0 spiro atoms. The van der Waals surface area contributed by atoms with Gasteiger partial charge in [-0.25, -0.2) is 4.98 Å². The van der Waals surface area contributed by atoms with Crippen LogP contribution in [0.3, 0.4) is 0 Å². The van der Waals surface area contributed by atoms with Crippen LogP contribution < -0.4 is 15.0 Å². The molecular weight excluding hydrogens is 344 g/mol. The number of nitrogens with one attached hydrogen (secondary N) is 1. The van der Waals surface area contributed by atoms with Gasteiger partial charge in [0.15, 0.2) is 17.0 Å². The van der Waals surface area contributed by atoms with Crippen LogP contribution in [-0.4, -0.2) is 34.0 Å². The first kappa shape index (κ1) is 17.3. The maximum atomic E-state index is 12.5. The Kier molecular flexibility index (Phi) is 4.67. The summed E-state index contributed by atoms with van der Waals surface area (Å²) in [6.07, 6.45) is 0.362. The van der Waals surface area contributed by atoms with Crippen molar-refractivity contribution in [2.24, 2.45) is 0 Å². The van der Waals surface area contributed by atoms with Crippen molar-refractivity contribution in [2.45, 2.75) is 26.8 Å². The molecule has 0 atom stereocenters. The van der Waals surface area contributed by atoms with Gasteiger partial charge in [-0.05, 0) is 25.5 Å². The highest BCUT2D eigenvalue weighted by molar-refractivity contribution is 6.33. The molecule has 2 heterocycles. The predicted molar refractivity (Wildman–Crippen MR) is 95.9 cm³/mol. The standard InChI is InChI=1S/C17H19ClN4O3/c1-5-22-15-14(9(2)21-22)19-12(20-17(15)23)8-10-6-7-11(24-3)16(25-4)13(10)18/h6-7H,5,8H2,1-4H3,(H,19,20,23). The van der Waals surface area contributed by atoms with Gasteiger partial charge in [0.05, 0.1) is 24.9 Å². The molecule has 0 bridgehead atoms. The van der Waals surface area contributed by atoms with Crippen molar-refractivity contribution in [2.75, 3.05) is 14.2 Å². The second-order valence-electron chi connectivity index (χ2n) is 5.56. The maximum Gasteiger partial charge on any atom is 0.277 e. The molecular formula is C17H19ClN4O3. The van der Waals surface area contributed by atoms with E-state index >= 15 is 0 Å². The van der Waals surface area contributed by atoms with Crippen LogP contribution in [0.5, 0.6) is 11.5 Å². The summed E-state index contributed by atoms with van der Waals surface area (Å²) in [5.41, 5.74) is 2.39. The third kappa shape index (κ3) is 2.95. The zero-order chi connectivity index (χ0) is 18.1. The van der Waals surface area contributed by atoms with Crippen molar-refractivity contribution in [3.8, 4) is 11.5 Å². The molecule has 7 nitrogen and oxygen atoms in total. The molecule has 1 aromatic carbocycles. The minimum Gasteiger partial charge on any atom is -0.493 e. The lowest BCUT2D eigenvalue weighted by Crippen LogP contribution is -2.15. The maximum absolute atomic E-state index is 12.5. The Bertz CT molecular complexity index is 994. The van der Waals surface area contributed by atoms with E-state index in [9.17, 15) is 4.79 Å². The fraction of sp³-hybridized carbons (Fsp3) is 0.353. The number of hydrogen-bond donors (Lipinski definition) is 1. The van der Waals surface area contributed by atoms with E-state index in [-0.39, 0.29) is 5.56 Å². The molecule has 0 saturated carbocycles. The number of aromatic amines is 1. The first-order chi connectivity index (χ1) is 12.0. The summed E-state index contributed by atoms with van der Waals surface area (Å²) < 4.78 is 12.2. The Hall–Kier alpha value is -2.54. The van der Waals surface area contributed by atoms with Gasteiger partial charge in [-0.1, -0.05) is 17.7 Å². The van der Waals surface area contributed by atoms with E-state index in [0.717, 1.165) is 11.3 Å². The molecule has 0 fully saturated rings. The highest BCUT2D eigenvalue weighted by atomic mass is 35.5. The van der Waals surface area contributed by atoms with Gasteiger partial charge in [0.2, 0.25) is 0 Å². The van der Waals surface area contributed by atoms with Crippen LogP contribution in [0.4, 0.5) is 0 Å². The van der Waals surface area contributed by atoms with Gasteiger partial charge in [-0.3, -0.25) is 9.48 Å². The predicted octanol–water partition coefficient (Wildman–Crippen LogP) is 2.71. The van der Waals surface area contributed by atoms with E-state index in [4.69, 9.17) is 21.1 Å². The summed E-state index contributed by atoms with van der Waals surface area (Å²) in [5.74, 6) is 1.53. The minimum atomic E-state index is -0.209. The van der Waals surface area contributed by atoms with E-state index in [0.29, 0.717) is 46.3 Å². The summed E-state index contributed by atoms with van der Waals surface area (Å²) >= 11 is 6.42. The average Bonchev–Trinajstić information content (AvgIpc) is 2.93. The molecule has 0 saturated heterocycles. The first-order valence-electron chi connectivity index (χ1n) is 7.85. The molecule has 0 aliphatic rings. The lowest BCUT2D eigenvalue weighted by atomic mass is 10.1. The van der Waals surface area contributed by atoms with Crippen LogP contribution in [0, 0.1) is 6.92 Å². The van der Waals surface area contributed by atoms with Gasteiger partial charge in [0.25, 0.3) is 5.56 Å². The van der Waals surface area contributed by atoms with Crippen molar-refractivity contribution in [3.05, 3.63) is 44.6 Å². The second kappa shape index (κ2) is 6.76. The Morgan fingerprint density at radius 2 is 2.04 bits per heavy atom. The van der Waals surface area contributed by atoms with Crippen LogP contribution in [0.1, 0.15) is 24.0 Å². The summed E-state index contributed by atoms with van der Waals surface area (Å²) in [5, 5.41) is 4.79. The summed E-state index contributed by atoms with van der Waals surface area (Å²) in [7, 11) is 3.08.